The molecule has 0 N–H and O–H groups in total. The van der Waals surface area contributed by atoms with E-state index in [2.05, 4.69) is 41.5 Å². The summed E-state index contributed by atoms with van der Waals surface area (Å²) in [6.07, 6.45) is 0. The summed E-state index contributed by atoms with van der Waals surface area (Å²) in [6, 6.07) is 6.81. The lowest BCUT2D eigenvalue weighted by molar-refractivity contribution is -0.0180. The molecular weight excluding hydrogens is 359 g/mol. The second-order valence-electron chi connectivity index (χ2n) is 7.87. The molecule has 2 rings (SSSR count). The van der Waals surface area contributed by atoms with Crippen LogP contribution in [0.1, 0.15) is 47.1 Å². The Bertz CT molecular complexity index is 673. The molecule has 0 radical (unpaired) electrons. The second kappa shape index (κ2) is 7.00. The number of benzene rings is 1. The third-order valence-electron chi connectivity index (χ3n) is 5.52. The van der Waals surface area contributed by atoms with Crippen LogP contribution in [-0.2, 0) is 19.7 Å². The van der Waals surface area contributed by atoms with Crippen LogP contribution in [-0.4, -0.2) is 29.9 Å². The Morgan fingerprint density at radius 2 is 1.44 bits per heavy atom. The maximum atomic E-state index is 13.7. The molecule has 25 heavy (non-hydrogen) atoms. The van der Waals surface area contributed by atoms with Gasteiger partial charge in [0, 0.05) is 0 Å². The largest absolute Gasteiger partial charge is 0.543 e. The SMILES string of the molecule is CC(C)[Si](Oc1ccc(C2(S(=O)(=O)F)COC2)cc1)(C(C)C)C(C)C. The van der Waals surface area contributed by atoms with Crippen molar-refractivity contribution in [2.24, 2.45) is 0 Å². The summed E-state index contributed by atoms with van der Waals surface area (Å²) < 4.78 is 46.8. The third kappa shape index (κ3) is 3.38. The van der Waals surface area contributed by atoms with E-state index in [0.29, 0.717) is 22.2 Å². The average Bonchev–Trinajstić information content (AvgIpc) is 2.42. The highest BCUT2D eigenvalue weighted by atomic mass is 32.3. The van der Waals surface area contributed by atoms with Crippen molar-refractivity contribution in [1.29, 1.82) is 0 Å². The van der Waals surface area contributed by atoms with Gasteiger partial charge in [0.15, 0.2) is 4.75 Å². The summed E-state index contributed by atoms with van der Waals surface area (Å²) in [5, 5.41) is 0. The molecule has 1 heterocycles. The molecule has 7 heteroatoms. The first-order valence-electron chi connectivity index (χ1n) is 8.79. The van der Waals surface area contributed by atoms with Gasteiger partial charge in [-0.2, -0.15) is 8.42 Å². The van der Waals surface area contributed by atoms with E-state index < -0.39 is 23.3 Å². The summed E-state index contributed by atoms with van der Waals surface area (Å²) in [5.41, 5.74) is 1.72. The van der Waals surface area contributed by atoms with Crippen LogP contribution in [0.2, 0.25) is 16.6 Å². The first-order valence-corrected chi connectivity index (χ1v) is 12.3. The molecule has 1 aliphatic rings. The van der Waals surface area contributed by atoms with Crippen molar-refractivity contribution in [3.05, 3.63) is 29.8 Å². The Hall–Kier alpha value is -0.923. The molecule has 0 atom stereocenters. The molecule has 0 bridgehead atoms. The molecule has 0 unspecified atom stereocenters. The molecule has 142 valence electrons. The van der Waals surface area contributed by atoms with Crippen molar-refractivity contribution in [1.82, 2.24) is 0 Å². The van der Waals surface area contributed by atoms with E-state index in [1.807, 2.05) is 0 Å². The van der Waals surface area contributed by atoms with Crippen LogP contribution in [0.4, 0.5) is 3.89 Å². The lowest BCUT2D eigenvalue weighted by Crippen LogP contribution is -2.51. The van der Waals surface area contributed by atoms with Crippen LogP contribution in [0.15, 0.2) is 24.3 Å². The quantitative estimate of drug-likeness (QED) is 0.499. The molecule has 0 amide bonds. The lowest BCUT2D eigenvalue weighted by Gasteiger charge is -2.42. The van der Waals surface area contributed by atoms with Gasteiger partial charge in [-0.05, 0) is 34.3 Å². The Balaban J connectivity index is 2.34. The first-order chi connectivity index (χ1) is 11.5. The molecule has 1 aliphatic heterocycles. The van der Waals surface area contributed by atoms with Gasteiger partial charge in [-0.3, -0.25) is 0 Å². The Morgan fingerprint density at radius 3 is 1.72 bits per heavy atom. The van der Waals surface area contributed by atoms with Crippen molar-refractivity contribution in [2.75, 3.05) is 13.2 Å². The van der Waals surface area contributed by atoms with Gasteiger partial charge in [0.2, 0.25) is 0 Å². The van der Waals surface area contributed by atoms with E-state index in [9.17, 15) is 12.3 Å². The third-order valence-corrected chi connectivity index (χ3v) is 12.9. The molecule has 0 aliphatic carbocycles. The Labute approximate surface area is 152 Å². The fraction of sp³-hybridized carbons (Fsp3) is 0.667. The zero-order valence-corrected chi connectivity index (χ0v) is 17.7. The predicted molar refractivity (Wildman–Crippen MR) is 101 cm³/mol. The number of hydrogen-bond donors (Lipinski definition) is 0. The van der Waals surface area contributed by atoms with E-state index in [1.54, 1.807) is 24.3 Å². The molecule has 1 aromatic carbocycles. The molecule has 1 saturated heterocycles. The summed E-state index contributed by atoms with van der Waals surface area (Å²) in [5.74, 6) is 0.721. The Morgan fingerprint density at radius 1 is 1.00 bits per heavy atom. The molecule has 0 aromatic heterocycles. The van der Waals surface area contributed by atoms with E-state index >= 15 is 0 Å². The number of rotatable bonds is 7. The van der Waals surface area contributed by atoms with Crippen molar-refractivity contribution >= 4 is 18.5 Å². The molecule has 1 fully saturated rings. The normalized spacial score (nSPS) is 17.8. The number of halogens is 1. The van der Waals surface area contributed by atoms with Crippen molar-refractivity contribution in [3.8, 4) is 5.75 Å². The maximum absolute atomic E-state index is 13.7. The van der Waals surface area contributed by atoms with Crippen LogP contribution in [0, 0.1) is 0 Å². The topological polar surface area (TPSA) is 52.6 Å². The zero-order valence-electron chi connectivity index (χ0n) is 15.9. The Kier molecular flexibility index (Phi) is 5.71. The van der Waals surface area contributed by atoms with Gasteiger partial charge in [-0.25, -0.2) is 0 Å². The van der Waals surface area contributed by atoms with Crippen molar-refractivity contribution < 1.29 is 21.5 Å². The predicted octanol–water partition coefficient (Wildman–Crippen LogP) is 4.77. The van der Waals surface area contributed by atoms with Gasteiger partial charge in [-0.15, -0.1) is 3.89 Å². The van der Waals surface area contributed by atoms with Crippen LogP contribution >= 0.6 is 0 Å². The highest BCUT2D eigenvalue weighted by Gasteiger charge is 2.53. The van der Waals surface area contributed by atoms with Gasteiger partial charge in [-0.1, -0.05) is 53.7 Å². The van der Waals surface area contributed by atoms with Crippen LogP contribution in [0.3, 0.4) is 0 Å². The first kappa shape index (κ1) is 20.4. The fourth-order valence-electron chi connectivity index (χ4n) is 4.12. The number of hydrogen-bond acceptors (Lipinski definition) is 4. The van der Waals surface area contributed by atoms with Crippen LogP contribution in [0.25, 0.3) is 0 Å². The van der Waals surface area contributed by atoms with Crippen LogP contribution < -0.4 is 4.43 Å². The van der Waals surface area contributed by atoms with Crippen molar-refractivity contribution in [3.63, 3.8) is 0 Å². The summed E-state index contributed by atoms with van der Waals surface area (Å²) >= 11 is 0. The van der Waals surface area contributed by atoms with E-state index in [1.165, 1.54) is 0 Å². The lowest BCUT2D eigenvalue weighted by atomic mass is 9.96. The van der Waals surface area contributed by atoms with E-state index in [0.717, 1.165) is 5.75 Å². The standard InChI is InChI=1S/C18H29FO4SSi/c1-13(2)25(14(3)4,15(5)6)23-17-9-7-16(8-10-17)18(11-22-12-18)24(19,20)21/h7-10,13-15H,11-12H2,1-6H3. The molecular formula is C18H29FO4SSi. The highest BCUT2D eigenvalue weighted by molar-refractivity contribution is 7.87. The van der Waals surface area contributed by atoms with Gasteiger partial charge in [0.1, 0.15) is 5.75 Å². The monoisotopic (exact) mass is 388 g/mol. The van der Waals surface area contributed by atoms with E-state index in [4.69, 9.17) is 9.16 Å². The van der Waals surface area contributed by atoms with Gasteiger partial charge >= 0.3 is 10.2 Å². The second-order valence-corrected chi connectivity index (χ2v) is 14.9. The minimum absolute atomic E-state index is 0.144. The summed E-state index contributed by atoms with van der Waals surface area (Å²) in [7, 11) is -6.81. The minimum Gasteiger partial charge on any atom is -0.543 e. The smallest absolute Gasteiger partial charge is 0.316 e. The van der Waals surface area contributed by atoms with Crippen molar-refractivity contribution in [2.45, 2.75) is 62.9 Å². The van der Waals surface area contributed by atoms with Gasteiger partial charge in [0.05, 0.1) is 13.2 Å². The van der Waals surface area contributed by atoms with Crippen LogP contribution in [0.5, 0.6) is 5.75 Å². The van der Waals surface area contributed by atoms with E-state index in [-0.39, 0.29) is 13.2 Å². The average molecular weight is 389 g/mol. The highest BCUT2D eigenvalue weighted by Crippen LogP contribution is 2.44. The number of ether oxygens (including phenoxy) is 1. The molecule has 0 spiro atoms. The van der Waals surface area contributed by atoms with Gasteiger partial charge < -0.3 is 9.16 Å². The molecule has 1 aromatic rings. The van der Waals surface area contributed by atoms with Gasteiger partial charge in [0.25, 0.3) is 8.32 Å². The fourth-order valence-corrected chi connectivity index (χ4v) is 10.2. The molecule has 0 saturated carbocycles. The zero-order chi connectivity index (χ0) is 19.0. The molecule has 4 nitrogen and oxygen atoms in total. The summed E-state index contributed by atoms with van der Waals surface area (Å²) in [4.78, 5) is 0. The maximum Gasteiger partial charge on any atom is 0.316 e. The summed E-state index contributed by atoms with van der Waals surface area (Å²) in [6.45, 7) is 12.9. The minimum atomic E-state index is -4.73.